The van der Waals surface area contributed by atoms with Gasteiger partial charge in [0.2, 0.25) is 5.91 Å². The van der Waals surface area contributed by atoms with Gasteiger partial charge >= 0.3 is 0 Å². The van der Waals surface area contributed by atoms with Gasteiger partial charge in [-0.1, -0.05) is 44.8 Å². The summed E-state index contributed by atoms with van der Waals surface area (Å²) in [5.74, 6) is -0.810. The molecule has 2 heterocycles. The predicted octanol–water partition coefficient (Wildman–Crippen LogP) is 6.38. The van der Waals surface area contributed by atoms with Crippen LogP contribution in [-0.2, 0) is 20.7 Å². The van der Waals surface area contributed by atoms with Gasteiger partial charge in [-0.2, -0.15) is 15.5 Å². The van der Waals surface area contributed by atoms with Gasteiger partial charge in [-0.05, 0) is 61.6 Å². The third-order valence-electron chi connectivity index (χ3n) is 6.94. The Morgan fingerprint density at radius 3 is 2.52 bits per heavy atom. The normalized spacial score (nSPS) is 12.2. The Hall–Kier alpha value is -3.68. The maximum atomic E-state index is 14.5. The van der Waals surface area contributed by atoms with Gasteiger partial charge in [0.25, 0.3) is 0 Å². The molecule has 0 saturated carbocycles. The summed E-state index contributed by atoms with van der Waals surface area (Å²) in [5, 5.41) is 19.0. The molecule has 2 aromatic heterocycles. The molecule has 0 unspecified atom stereocenters. The number of nitrogens with zero attached hydrogens (tertiary/aromatic N) is 5. The summed E-state index contributed by atoms with van der Waals surface area (Å²) in [4.78, 5) is 29.6. The number of carbonyl (C=O) groups is 2. The van der Waals surface area contributed by atoms with Gasteiger partial charge in [-0.3, -0.25) is 9.59 Å². The van der Waals surface area contributed by atoms with Crippen molar-refractivity contribution >= 4 is 33.6 Å². The lowest BCUT2D eigenvalue weighted by Gasteiger charge is -2.31. The van der Waals surface area contributed by atoms with Crippen molar-refractivity contribution in [3.63, 3.8) is 0 Å². The minimum absolute atomic E-state index is 0.0426. The molecule has 40 heavy (non-hydrogen) atoms. The summed E-state index contributed by atoms with van der Waals surface area (Å²) in [5.41, 5.74) is 2.97. The lowest BCUT2D eigenvalue weighted by molar-refractivity contribution is -0.130. The Labute approximate surface area is 239 Å². The number of aryl methyl sites for hydroxylation is 1. The standard InChI is InChI=1S/C30H36FN5O3S/c1-8-22-10-11-23(31)16-24(22)25(39-15-9-12-32)18-35(26(38)17-30(6,7)21(5)37)29-27(19(2)3)20(4)28(40-29)36-33-13-14-34-36/h10-11,13-14,16,25H,2,8-9,15,17-18H2,1,3-7H3/t25-/m0/s1. The number of rotatable bonds is 13. The monoisotopic (exact) mass is 565 g/mol. The van der Waals surface area contributed by atoms with Gasteiger partial charge in [0.05, 0.1) is 38.0 Å². The molecule has 8 nitrogen and oxygen atoms in total. The molecule has 0 bridgehead atoms. The van der Waals surface area contributed by atoms with Gasteiger partial charge in [0, 0.05) is 17.4 Å². The third-order valence-corrected chi connectivity index (χ3v) is 8.22. The smallest absolute Gasteiger partial charge is 0.228 e. The van der Waals surface area contributed by atoms with Crippen LogP contribution in [0.2, 0.25) is 0 Å². The number of amides is 1. The van der Waals surface area contributed by atoms with Crippen molar-refractivity contribution in [2.24, 2.45) is 5.41 Å². The van der Waals surface area contributed by atoms with E-state index in [9.17, 15) is 14.0 Å². The fourth-order valence-electron chi connectivity index (χ4n) is 4.43. The number of ether oxygens (including phenoxy) is 1. The summed E-state index contributed by atoms with van der Waals surface area (Å²) in [6.07, 6.45) is 3.15. The van der Waals surface area contributed by atoms with Crippen LogP contribution in [0.4, 0.5) is 9.39 Å². The molecule has 0 spiro atoms. The largest absolute Gasteiger partial charge is 0.371 e. The number of thiophene rings is 1. The summed E-state index contributed by atoms with van der Waals surface area (Å²) in [6, 6.07) is 6.62. The Morgan fingerprint density at radius 2 is 1.95 bits per heavy atom. The zero-order chi connectivity index (χ0) is 29.6. The van der Waals surface area contributed by atoms with E-state index in [1.165, 1.54) is 35.2 Å². The van der Waals surface area contributed by atoms with E-state index in [-0.39, 0.29) is 37.7 Å². The lowest BCUT2D eigenvalue weighted by Crippen LogP contribution is -2.39. The number of allylic oxidation sites excluding steroid dienone is 1. The van der Waals surface area contributed by atoms with Gasteiger partial charge < -0.3 is 9.64 Å². The van der Waals surface area contributed by atoms with E-state index in [1.807, 2.05) is 20.8 Å². The van der Waals surface area contributed by atoms with Crippen molar-refractivity contribution in [1.29, 1.82) is 5.26 Å². The van der Waals surface area contributed by atoms with Crippen LogP contribution in [0.25, 0.3) is 10.6 Å². The van der Waals surface area contributed by atoms with Crippen LogP contribution in [0.5, 0.6) is 0 Å². The highest BCUT2D eigenvalue weighted by Crippen LogP contribution is 2.43. The number of hydrogen-bond donors (Lipinski definition) is 0. The first-order chi connectivity index (χ1) is 18.9. The predicted molar refractivity (Wildman–Crippen MR) is 155 cm³/mol. The van der Waals surface area contributed by atoms with E-state index in [0.29, 0.717) is 17.0 Å². The molecule has 0 fully saturated rings. The Morgan fingerprint density at radius 1 is 1.27 bits per heavy atom. The molecule has 0 aliphatic rings. The molecular formula is C30H36FN5O3S. The van der Waals surface area contributed by atoms with Gasteiger partial charge in [-0.25, -0.2) is 4.39 Å². The highest BCUT2D eigenvalue weighted by molar-refractivity contribution is 7.19. The average Bonchev–Trinajstić information content (AvgIpc) is 3.53. The first kappa shape index (κ1) is 30.9. The summed E-state index contributed by atoms with van der Waals surface area (Å²) in [6.45, 7) is 15.0. The van der Waals surface area contributed by atoms with E-state index in [0.717, 1.165) is 27.3 Å². The number of nitriles is 1. The quantitative estimate of drug-likeness (QED) is 0.223. The zero-order valence-corrected chi connectivity index (χ0v) is 24.8. The molecule has 1 aromatic carbocycles. The molecule has 3 rings (SSSR count). The fraction of sp³-hybridized carbons (Fsp3) is 0.433. The van der Waals surface area contributed by atoms with Crippen molar-refractivity contribution in [2.75, 3.05) is 18.1 Å². The third kappa shape index (κ3) is 6.90. The van der Waals surface area contributed by atoms with Crippen LogP contribution in [0.1, 0.15) is 75.8 Å². The van der Waals surface area contributed by atoms with Crippen LogP contribution in [-0.4, -0.2) is 39.8 Å². The number of carbonyl (C=O) groups excluding carboxylic acids is 2. The number of Topliss-reactive ketones (excluding diaryl/α,β-unsaturated/α-hetero) is 1. The molecule has 212 valence electrons. The maximum Gasteiger partial charge on any atom is 0.228 e. The first-order valence-electron chi connectivity index (χ1n) is 13.2. The van der Waals surface area contributed by atoms with Crippen LogP contribution >= 0.6 is 11.3 Å². The number of aromatic nitrogens is 3. The molecular weight excluding hydrogens is 529 g/mol. The summed E-state index contributed by atoms with van der Waals surface area (Å²) >= 11 is 1.34. The minimum Gasteiger partial charge on any atom is -0.371 e. The fourth-order valence-corrected chi connectivity index (χ4v) is 5.76. The number of halogens is 1. The zero-order valence-electron chi connectivity index (χ0n) is 24.0. The molecule has 0 N–H and O–H groups in total. The molecule has 0 saturated heterocycles. The second kappa shape index (κ2) is 13.1. The maximum absolute atomic E-state index is 14.5. The summed E-state index contributed by atoms with van der Waals surface area (Å²) < 4.78 is 20.7. The Bertz CT molecular complexity index is 1420. The van der Waals surface area contributed by atoms with E-state index in [2.05, 4.69) is 22.8 Å². The SMILES string of the molecule is C=C(C)c1c(N(C[C@H](OCCC#N)c2cc(F)ccc2CC)C(=O)CC(C)(C)C(C)=O)sc(-n2nccn2)c1C. The topological polar surface area (TPSA) is 101 Å². The van der Waals surface area contributed by atoms with Gasteiger partial charge in [0.1, 0.15) is 27.7 Å². The first-order valence-corrected chi connectivity index (χ1v) is 14.0. The number of benzene rings is 1. The van der Waals surface area contributed by atoms with E-state index in [4.69, 9.17) is 10.00 Å². The average molecular weight is 566 g/mol. The molecule has 0 aliphatic carbocycles. The Balaban J connectivity index is 2.21. The summed E-state index contributed by atoms with van der Waals surface area (Å²) in [7, 11) is 0. The van der Waals surface area contributed by atoms with Crippen molar-refractivity contribution in [3.8, 4) is 11.1 Å². The minimum atomic E-state index is -0.901. The molecule has 0 radical (unpaired) electrons. The van der Waals surface area contributed by atoms with Gasteiger partial charge in [0.15, 0.2) is 0 Å². The van der Waals surface area contributed by atoms with E-state index < -0.39 is 17.3 Å². The highest BCUT2D eigenvalue weighted by Gasteiger charge is 2.34. The molecule has 1 atom stereocenters. The van der Waals surface area contributed by atoms with Crippen molar-refractivity contribution in [1.82, 2.24) is 15.0 Å². The molecule has 0 aliphatic heterocycles. The molecule has 10 heteroatoms. The second-order valence-corrected chi connectivity index (χ2v) is 11.4. The van der Waals surface area contributed by atoms with Crippen molar-refractivity contribution in [3.05, 3.63) is 65.2 Å². The number of hydrogen-bond acceptors (Lipinski definition) is 7. The number of anilines is 1. The Kier molecular flexibility index (Phi) is 10.1. The van der Waals surface area contributed by atoms with Crippen LogP contribution in [0, 0.1) is 29.5 Å². The second-order valence-electron chi connectivity index (χ2n) is 10.4. The van der Waals surface area contributed by atoms with Crippen LogP contribution < -0.4 is 4.90 Å². The lowest BCUT2D eigenvalue weighted by atomic mass is 9.84. The van der Waals surface area contributed by atoms with E-state index >= 15 is 0 Å². The number of ketones is 1. The van der Waals surface area contributed by atoms with Crippen molar-refractivity contribution < 1.29 is 18.7 Å². The van der Waals surface area contributed by atoms with E-state index in [1.54, 1.807) is 37.2 Å². The van der Waals surface area contributed by atoms with Gasteiger partial charge in [-0.15, -0.1) is 4.80 Å². The van der Waals surface area contributed by atoms with Crippen molar-refractivity contribution in [2.45, 2.75) is 66.9 Å². The highest BCUT2D eigenvalue weighted by atomic mass is 32.1. The van der Waals surface area contributed by atoms with Crippen LogP contribution in [0.3, 0.4) is 0 Å². The molecule has 1 amide bonds. The molecule has 3 aromatic rings. The van der Waals surface area contributed by atoms with Crippen LogP contribution in [0.15, 0.2) is 37.2 Å².